The lowest BCUT2D eigenvalue weighted by molar-refractivity contribution is -0.385. The minimum absolute atomic E-state index is 0.106. The van der Waals surface area contributed by atoms with Gasteiger partial charge in [0.05, 0.1) is 11.5 Å². The number of nitrogens with zero attached hydrogens (tertiary/aromatic N) is 1. The van der Waals surface area contributed by atoms with Gasteiger partial charge in [0.1, 0.15) is 0 Å². The Labute approximate surface area is 106 Å². The van der Waals surface area contributed by atoms with E-state index in [-0.39, 0.29) is 18.0 Å². The second kappa shape index (κ2) is 7.50. The molecule has 100 valence electrons. The summed E-state index contributed by atoms with van der Waals surface area (Å²) in [7, 11) is 0. The Morgan fingerprint density at radius 2 is 2.00 bits per heavy atom. The number of hydrogen-bond donors (Lipinski definition) is 2. The summed E-state index contributed by atoms with van der Waals surface area (Å²) in [6.07, 6.45) is 3.45. The number of ether oxygens (including phenoxy) is 1. The number of nitrogens with two attached hydrogens (primary N) is 1. The van der Waals surface area contributed by atoms with Crippen LogP contribution in [-0.4, -0.2) is 23.2 Å². The van der Waals surface area contributed by atoms with E-state index in [4.69, 9.17) is 15.6 Å². The summed E-state index contributed by atoms with van der Waals surface area (Å²) in [4.78, 5) is 10.3. The maximum Gasteiger partial charge on any atom is 0.312 e. The maximum absolute atomic E-state index is 10.8. The number of aliphatic hydroxyl groups excluding tert-OH is 1. The van der Waals surface area contributed by atoms with E-state index in [1.54, 1.807) is 6.07 Å². The van der Waals surface area contributed by atoms with E-state index < -0.39 is 4.92 Å². The number of anilines is 1. The molecule has 0 heterocycles. The van der Waals surface area contributed by atoms with Crippen LogP contribution in [0.4, 0.5) is 11.4 Å². The Balaban J connectivity index is 2.44. The quantitative estimate of drug-likeness (QED) is 0.320. The molecular weight excluding hydrogens is 236 g/mol. The van der Waals surface area contributed by atoms with Crippen molar-refractivity contribution in [3.05, 3.63) is 28.3 Å². The Bertz CT molecular complexity index is 396. The van der Waals surface area contributed by atoms with Crippen molar-refractivity contribution in [2.45, 2.75) is 25.7 Å². The third-order valence-corrected chi connectivity index (χ3v) is 2.49. The summed E-state index contributed by atoms with van der Waals surface area (Å²) in [5, 5.41) is 19.4. The Kier molecular flexibility index (Phi) is 5.93. The molecule has 0 fully saturated rings. The molecule has 3 N–H and O–H groups in total. The summed E-state index contributed by atoms with van der Waals surface area (Å²) in [5.41, 5.74) is 5.73. The second-order valence-corrected chi connectivity index (χ2v) is 3.97. The van der Waals surface area contributed by atoms with Crippen molar-refractivity contribution in [2.24, 2.45) is 0 Å². The summed E-state index contributed by atoms with van der Waals surface area (Å²) in [6, 6.07) is 4.39. The molecule has 0 unspecified atom stereocenters. The van der Waals surface area contributed by atoms with E-state index in [2.05, 4.69) is 0 Å². The summed E-state index contributed by atoms with van der Waals surface area (Å²) >= 11 is 0. The number of nitro groups is 1. The predicted octanol–water partition coefficient (Wildman–Crippen LogP) is 2.11. The molecule has 0 aromatic heterocycles. The molecule has 18 heavy (non-hydrogen) atoms. The van der Waals surface area contributed by atoms with Crippen molar-refractivity contribution in [1.29, 1.82) is 0 Å². The number of nitro benzene ring substituents is 1. The average molecular weight is 254 g/mol. The van der Waals surface area contributed by atoms with Crippen LogP contribution in [0.3, 0.4) is 0 Å². The summed E-state index contributed by atoms with van der Waals surface area (Å²) in [5.74, 6) is 0.247. The van der Waals surface area contributed by atoms with Gasteiger partial charge in [-0.3, -0.25) is 10.1 Å². The van der Waals surface area contributed by atoms with Gasteiger partial charge >= 0.3 is 5.69 Å². The van der Waals surface area contributed by atoms with Gasteiger partial charge in [-0.25, -0.2) is 0 Å². The number of rotatable bonds is 8. The molecule has 0 aliphatic rings. The van der Waals surface area contributed by atoms with Gasteiger partial charge in [0.25, 0.3) is 0 Å². The smallest absolute Gasteiger partial charge is 0.312 e. The fraction of sp³-hybridized carbons (Fsp3) is 0.500. The van der Waals surface area contributed by atoms with Crippen LogP contribution in [0.25, 0.3) is 0 Å². The fourth-order valence-corrected chi connectivity index (χ4v) is 1.55. The molecule has 6 heteroatoms. The van der Waals surface area contributed by atoms with Crippen LogP contribution >= 0.6 is 0 Å². The number of hydrogen-bond acceptors (Lipinski definition) is 5. The minimum atomic E-state index is -0.503. The molecule has 0 bridgehead atoms. The number of benzene rings is 1. The lowest BCUT2D eigenvalue weighted by Gasteiger charge is -2.07. The van der Waals surface area contributed by atoms with Crippen LogP contribution in [0.1, 0.15) is 25.7 Å². The standard InChI is InChI=1S/C12H18N2O4/c13-10-5-6-12(11(9-10)14(16)17)18-8-4-2-1-3-7-15/h5-6,9,15H,1-4,7-8,13H2. The van der Waals surface area contributed by atoms with E-state index in [0.717, 1.165) is 25.7 Å². The first-order valence-electron chi connectivity index (χ1n) is 5.92. The lowest BCUT2D eigenvalue weighted by atomic mass is 10.2. The zero-order valence-electron chi connectivity index (χ0n) is 10.2. The van der Waals surface area contributed by atoms with Crippen molar-refractivity contribution in [3.8, 4) is 5.75 Å². The first-order valence-corrected chi connectivity index (χ1v) is 5.92. The van der Waals surface area contributed by atoms with Gasteiger partial charge in [-0.05, 0) is 31.4 Å². The van der Waals surface area contributed by atoms with Crippen molar-refractivity contribution < 1.29 is 14.8 Å². The van der Waals surface area contributed by atoms with Crippen molar-refractivity contribution in [3.63, 3.8) is 0 Å². The largest absolute Gasteiger partial charge is 0.487 e. The molecule has 0 amide bonds. The topological polar surface area (TPSA) is 98.6 Å². The van der Waals surface area contributed by atoms with E-state index in [9.17, 15) is 10.1 Å². The van der Waals surface area contributed by atoms with Crippen LogP contribution in [0.15, 0.2) is 18.2 Å². The molecule has 1 aromatic carbocycles. The van der Waals surface area contributed by atoms with E-state index in [1.807, 2.05) is 0 Å². The molecule has 1 aromatic rings. The first-order chi connectivity index (χ1) is 8.65. The van der Waals surface area contributed by atoms with Gasteiger partial charge in [-0.2, -0.15) is 0 Å². The van der Waals surface area contributed by atoms with E-state index in [0.29, 0.717) is 12.3 Å². The molecule has 6 nitrogen and oxygen atoms in total. The molecule has 0 saturated carbocycles. The van der Waals surface area contributed by atoms with Crippen molar-refractivity contribution in [2.75, 3.05) is 18.9 Å². The zero-order chi connectivity index (χ0) is 13.4. The molecular formula is C12H18N2O4. The van der Waals surface area contributed by atoms with Crippen molar-refractivity contribution in [1.82, 2.24) is 0 Å². The Morgan fingerprint density at radius 3 is 2.67 bits per heavy atom. The first kappa shape index (κ1) is 14.2. The molecule has 0 aliphatic carbocycles. The molecule has 0 atom stereocenters. The minimum Gasteiger partial charge on any atom is -0.487 e. The molecule has 0 saturated heterocycles. The predicted molar refractivity (Wildman–Crippen MR) is 68.6 cm³/mol. The third-order valence-electron chi connectivity index (χ3n) is 2.49. The molecule has 0 aliphatic heterocycles. The SMILES string of the molecule is Nc1ccc(OCCCCCCO)c([N+](=O)[O-])c1. The third kappa shape index (κ3) is 4.58. The molecule has 0 radical (unpaired) electrons. The highest BCUT2D eigenvalue weighted by Gasteiger charge is 2.14. The van der Waals surface area contributed by atoms with Gasteiger partial charge < -0.3 is 15.6 Å². The van der Waals surface area contributed by atoms with E-state index in [1.165, 1.54) is 12.1 Å². The number of aliphatic hydroxyl groups is 1. The lowest BCUT2D eigenvalue weighted by Crippen LogP contribution is -2.01. The Morgan fingerprint density at radius 1 is 1.28 bits per heavy atom. The summed E-state index contributed by atoms with van der Waals surface area (Å²) < 4.78 is 5.37. The normalized spacial score (nSPS) is 10.3. The highest BCUT2D eigenvalue weighted by Crippen LogP contribution is 2.28. The van der Waals surface area contributed by atoms with Crippen molar-refractivity contribution >= 4 is 11.4 Å². The van der Waals surface area contributed by atoms with Gasteiger partial charge in [-0.1, -0.05) is 6.42 Å². The molecule has 0 spiro atoms. The van der Waals surface area contributed by atoms with Gasteiger partial charge in [0.15, 0.2) is 5.75 Å². The number of nitrogen functional groups attached to an aromatic ring is 1. The van der Waals surface area contributed by atoms with E-state index >= 15 is 0 Å². The van der Waals surface area contributed by atoms with Gasteiger partial charge in [0, 0.05) is 18.4 Å². The molecule has 1 rings (SSSR count). The van der Waals surface area contributed by atoms with Gasteiger partial charge in [-0.15, -0.1) is 0 Å². The second-order valence-electron chi connectivity index (χ2n) is 3.97. The van der Waals surface area contributed by atoms with Crippen LogP contribution < -0.4 is 10.5 Å². The monoisotopic (exact) mass is 254 g/mol. The highest BCUT2D eigenvalue weighted by molar-refractivity contribution is 5.56. The highest BCUT2D eigenvalue weighted by atomic mass is 16.6. The zero-order valence-corrected chi connectivity index (χ0v) is 10.2. The van der Waals surface area contributed by atoms with Crippen LogP contribution in [-0.2, 0) is 0 Å². The fourth-order valence-electron chi connectivity index (χ4n) is 1.55. The Hall–Kier alpha value is -1.82. The number of unbranched alkanes of at least 4 members (excludes halogenated alkanes) is 3. The van der Waals surface area contributed by atoms with Crippen LogP contribution in [0, 0.1) is 10.1 Å². The maximum atomic E-state index is 10.8. The average Bonchev–Trinajstić information content (AvgIpc) is 2.35. The van der Waals surface area contributed by atoms with Crippen LogP contribution in [0.5, 0.6) is 5.75 Å². The summed E-state index contributed by atoms with van der Waals surface area (Å²) in [6.45, 7) is 0.625. The van der Waals surface area contributed by atoms with Gasteiger partial charge in [0.2, 0.25) is 0 Å². The van der Waals surface area contributed by atoms with Crippen LogP contribution in [0.2, 0.25) is 0 Å².